The number of piperazine rings is 1. The van der Waals surface area contributed by atoms with Crippen LogP contribution in [0.1, 0.15) is 13.3 Å². The number of hydrogen-bond acceptors (Lipinski definition) is 6. The van der Waals surface area contributed by atoms with E-state index in [4.69, 9.17) is 4.74 Å². The maximum Gasteiger partial charge on any atom is 0.311 e. The first-order chi connectivity index (χ1) is 11.6. The molecule has 1 atom stereocenters. The summed E-state index contributed by atoms with van der Waals surface area (Å²) in [7, 11) is 1.48. The van der Waals surface area contributed by atoms with Crippen molar-refractivity contribution in [3.8, 4) is 5.75 Å². The molecule has 1 aromatic rings. The molecule has 2 saturated heterocycles. The summed E-state index contributed by atoms with van der Waals surface area (Å²) in [4.78, 5) is 18.0. The second-order valence-corrected chi connectivity index (χ2v) is 6.47. The number of nitro benzene ring substituents is 1. The Kier molecular flexibility index (Phi) is 5.20. The summed E-state index contributed by atoms with van der Waals surface area (Å²) in [6.45, 7) is 9.89. The van der Waals surface area contributed by atoms with Crippen LogP contribution in [-0.4, -0.2) is 73.7 Å². The number of ether oxygens (including phenoxy) is 1. The largest absolute Gasteiger partial charge is 0.490 e. The predicted molar refractivity (Wildman–Crippen MR) is 94.0 cm³/mol. The molecular weight excluding hydrogens is 308 g/mol. The molecule has 2 fully saturated rings. The van der Waals surface area contributed by atoms with Crippen LogP contribution in [0.25, 0.3) is 0 Å². The summed E-state index contributed by atoms with van der Waals surface area (Å²) < 4.78 is 5.19. The number of nitro groups is 1. The van der Waals surface area contributed by atoms with Crippen LogP contribution in [0.5, 0.6) is 5.75 Å². The fourth-order valence-electron chi connectivity index (χ4n) is 3.73. The Balaban J connectivity index is 1.64. The van der Waals surface area contributed by atoms with Crippen LogP contribution in [0.3, 0.4) is 0 Å². The molecular formula is C17H26N4O3. The molecule has 0 saturated carbocycles. The molecule has 0 amide bonds. The normalized spacial score (nSPS) is 22.8. The molecule has 7 heteroatoms. The van der Waals surface area contributed by atoms with E-state index in [2.05, 4.69) is 21.6 Å². The number of benzene rings is 1. The van der Waals surface area contributed by atoms with E-state index in [1.54, 1.807) is 12.1 Å². The van der Waals surface area contributed by atoms with Gasteiger partial charge in [-0.1, -0.05) is 6.92 Å². The molecule has 2 heterocycles. The summed E-state index contributed by atoms with van der Waals surface area (Å²) in [5.74, 6) is 0.331. The van der Waals surface area contributed by atoms with Gasteiger partial charge in [0.15, 0.2) is 5.75 Å². The number of methoxy groups -OCH3 is 1. The van der Waals surface area contributed by atoms with Crippen molar-refractivity contribution in [3.05, 3.63) is 28.3 Å². The second kappa shape index (κ2) is 7.36. The van der Waals surface area contributed by atoms with Gasteiger partial charge in [-0.3, -0.25) is 15.0 Å². The minimum Gasteiger partial charge on any atom is -0.490 e. The number of anilines is 1. The molecule has 2 aliphatic rings. The van der Waals surface area contributed by atoms with E-state index in [9.17, 15) is 10.1 Å². The standard InChI is InChI=1S/C17H26N4O3/c1-3-18-8-10-19(11-9-18)15-6-7-20(13-15)14-4-5-16(21(22)23)17(12-14)24-2/h4-5,12,15H,3,6-11,13H2,1-2H3. The minimum atomic E-state index is -0.400. The van der Waals surface area contributed by atoms with E-state index in [1.807, 2.05) is 6.07 Å². The van der Waals surface area contributed by atoms with Gasteiger partial charge in [0.2, 0.25) is 0 Å². The van der Waals surface area contributed by atoms with E-state index in [0.717, 1.165) is 57.9 Å². The van der Waals surface area contributed by atoms with Crippen molar-refractivity contribution in [2.24, 2.45) is 0 Å². The van der Waals surface area contributed by atoms with Crippen LogP contribution in [0.4, 0.5) is 11.4 Å². The van der Waals surface area contributed by atoms with Gasteiger partial charge in [0.25, 0.3) is 0 Å². The van der Waals surface area contributed by atoms with Gasteiger partial charge in [0, 0.05) is 63.1 Å². The van der Waals surface area contributed by atoms with Crippen LogP contribution in [0, 0.1) is 10.1 Å². The first kappa shape index (κ1) is 17.0. The molecule has 2 aliphatic heterocycles. The Hall–Kier alpha value is -1.86. The van der Waals surface area contributed by atoms with Crippen LogP contribution in [0.15, 0.2) is 18.2 Å². The third-order valence-corrected chi connectivity index (χ3v) is 5.26. The molecule has 7 nitrogen and oxygen atoms in total. The molecule has 0 radical (unpaired) electrons. The Morgan fingerprint density at radius 1 is 1.25 bits per heavy atom. The molecule has 132 valence electrons. The quantitative estimate of drug-likeness (QED) is 0.605. The van der Waals surface area contributed by atoms with Crippen LogP contribution in [0.2, 0.25) is 0 Å². The average Bonchev–Trinajstić information content (AvgIpc) is 3.11. The SMILES string of the molecule is CCN1CCN(C2CCN(c3ccc([N+](=O)[O-])c(OC)c3)C2)CC1. The third kappa shape index (κ3) is 3.47. The molecule has 0 aliphatic carbocycles. The number of likely N-dealkylation sites (N-methyl/N-ethyl adjacent to an activating group) is 1. The van der Waals surface area contributed by atoms with Crippen molar-refractivity contribution < 1.29 is 9.66 Å². The highest BCUT2D eigenvalue weighted by atomic mass is 16.6. The van der Waals surface area contributed by atoms with Crippen molar-refractivity contribution in [3.63, 3.8) is 0 Å². The molecule has 0 bridgehead atoms. The second-order valence-electron chi connectivity index (χ2n) is 6.47. The molecule has 3 rings (SSSR count). The smallest absolute Gasteiger partial charge is 0.311 e. The molecule has 0 aromatic heterocycles. The summed E-state index contributed by atoms with van der Waals surface area (Å²) in [6, 6.07) is 5.74. The lowest BCUT2D eigenvalue weighted by Crippen LogP contribution is -2.50. The first-order valence-corrected chi connectivity index (χ1v) is 8.66. The van der Waals surface area contributed by atoms with Gasteiger partial charge >= 0.3 is 5.69 Å². The van der Waals surface area contributed by atoms with Crippen molar-refractivity contribution in [2.45, 2.75) is 19.4 Å². The fourth-order valence-corrected chi connectivity index (χ4v) is 3.73. The molecule has 1 unspecified atom stereocenters. The molecule has 0 N–H and O–H groups in total. The van der Waals surface area contributed by atoms with E-state index in [-0.39, 0.29) is 5.69 Å². The number of nitrogens with zero attached hydrogens (tertiary/aromatic N) is 4. The maximum absolute atomic E-state index is 11.0. The average molecular weight is 334 g/mol. The highest BCUT2D eigenvalue weighted by Gasteiger charge is 2.30. The zero-order chi connectivity index (χ0) is 17.1. The van der Waals surface area contributed by atoms with Gasteiger partial charge in [-0.15, -0.1) is 0 Å². The van der Waals surface area contributed by atoms with Crippen molar-refractivity contribution in [2.75, 3.05) is 57.8 Å². The zero-order valence-electron chi connectivity index (χ0n) is 14.5. The van der Waals surface area contributed by atoms with Crippen molar-refractivity contribution >= 4 is 11.4 Å². The van der Waals surface area contributed by atoms with Gasteiger partial charge < -0.3 is 14.5 Å². The van der Waals surface area contributed by atoms with E-state index in [1.165, 1.54) is 7.11 Å². The monoisotopic (exact) mass is 334 g/mol. The third-order valence-electron chi connectivity index (χ3n) is 5.26. The molecule has 24 heavy (non-hydrogen) atoms. The Morgan fingerprint density at radius 2 is 2.00 bits per heavy atom. The zero-order valence-corrected chi connectivity index (χ0v) is 14.5. The van der Waals surface area contributed by atoms with E-state index in [0.29, 0.717) is 11.8 Å². The van der Waals surface area contributed by atoms with Gasteiger partial charge in [-0.25, -0.2) is 0 Å². The lowest BCUT2D eigenvalue weighted by atomic mass is 10.2. The predicted octanol–water partition coefficient (Wildman–Crippen LogP) is 1.82. The lowest BCUT2D eigenvalue weighted by Gasteiger charge is -2.37. The lowest BCUT2D eigenvalue weighted by molar-refractivity contribution is -0.385. The van der Waals surface area contributed by atoms with Gasteiger partial charge in [0.1, 0.15) is 0 Å². The van der Waals surface area contributed by atoms with Crippen LogP contribution in [-0.2, 0) is 0 Å². The summed E-state index contributed by atoms with van der Waals surface area (Å²) in [5.41, 5.74) is 1.03. The van der Waals surface area contributed by atoms with Gasteiger partial charge in [0.05, 0.1) is 12.0 Å². The molecule has 0 spiro atoms. The van der Waals surface area contributed by atoms with Gasteiger partial charge in [-0.2, -0.15) is 0 Å². The Morgan fingerprint density at radius 3 is 2.62 bits per heavy atom. The number of hydrogen-bond donors (Lipinski definition) is 0. The van der Waals surface area contributed by atoms with Crippen molar-refractivity contribution in [1.82, 2.24) is 9.80 Å². The van der Waals surface area contributed by atoms with Gasteiger partial charge in [-0.05, 0) is 19.0 Å². The van der Waals surface area contributed by atoms with E-state index < -0.39 is 4.92 Å². The van der Waals surface area contributed by atoms with Crippen LogP contribution < -0.4 is 9.64 Å². The first-order valence-electron chi connectivity index (χ1n) is 8.66. The topological polar surface area (TPSA) is 62.1 Å². The Labute approximate surface area is 142 Å². The highest BCUT2D eigenvalue weighted by molar-refractivity contribution is 5.59. The van der Waals surface area contributed by atoms with Crippen LogP contribution >= 0.6 is 0 Å². The summed E-state index contributed by atoms with van der Waals surface area (Å²) in [6.07, 6.45) is 1.14. The maximum atomic E-state index is 11.0. The number of rotatable bonds is 5. The fraction of sp³-hybridized carbons (Fsp3) is 0.647. The summed E-state index contributed by atoms with van der Waals surface area (Å²) >= 11 is 0. The summed E-state index contributed by atoms with van der Waals surface area (Å²) in [5, 5.41) is 11.0. The highest BCUT2D eigenvalue weighted by Crippen LogP contribution is 2.33. The Bertz CT molecular complexity index is 587. The minimum absolute atomic E-state index is 0.0210. The van der Waals surface area contributed by atoms with E-state index >= 15 is 0 Å². The molecule has 1 aromatic carbocycles. The van der Waals surface area contributed by atoms with Crippen molar-refractivity contribution in [1.29, 1.82) is 0 Å².